The SMILES string of the molecule is CC(C)(CCO)NC(=O)c1ccc(-n2cncn2)nc1. The number of pyridine rings is 1. The zero-order chi connectivity index (χ0) is 14.6. The van der Waals surface area contributed by atoms with E-state index in [0.717, 1.165) is 0 Å². The molecule has 0 saturated carbocycles. The summed E-state index contributed by atoms with van der Waals surface area (Å²) in [5.41, 5.74) is -0.00367. The molecule has 1 amide bonds. The number of nitrogens with zero attached hydrogens (tertiary/aromatic N) is 4. The highest BCUT2D eigenvalue weighted by molar-refractivity contribution is 5.94. The van der Waals surface area contributed by atoms with Gasteiger partial charge in [-0.15, -0.1) is 0 Å². The van der Waals surface area contributed by atoms with Crippen LogP contribution in [0.3, 0.4) is 0 Å². The van der Waals surface area contributed by atoms with Gasteiger partial charge < -0.3 is 10.4 Å². The monoisotopic (exact) mass is 275 g/mol. The van der Waals surface area contributed by atoms with Crippen LogP contribution in [0.2, 0.25) is 0 Å². The largest absolute Gasteiger partial charge is 0.396 e. The van der Waals surface area contributed by atoms with E-state index in [1.54, 1.807) is 12.1 Å². The smallest absolute Gasteiger partial charge is 0.253 e. The van der Waals surface area contributed by atoms with E-state index in [2.05, 4.69) is 20.4 Å². The van der Waals surface area contributed by atoms with E-state index in [4.69, 9.17) is 5.11 Å². The number of carbonyl (C=O) groups excluding carboxylic acids is 1. The van der Waals surface area contributed by atoms with Crippen LogP contribution in [0.25, 0.3) is 5.82 Å². The van der Waals surface area contributed by atoms with E-state index in [1.165, 1.54) is 23.5 Å². The molecule has 2 aromatic heterocycles. The Morgan fingerprint density at radius 1 is 1.45 bits per heavy atom. The van der Waals surface area contributed by atoms with Gasteiger partial charge in [-0.3, -0.25) is 4.79 Å². The minimum atomic E-state index is -0.462. The molecular weight excluding hydrogens is 258 g/mol. The van der Waals surface area contributed by atoms with Gasteiger partial charge >= 0.3 is 0 Å². The fourth-order valence-corrected chi connectivity index (χ4v) is 1.70. The fraction of sp³-hybridized carbons (Fsp3) is 0.385. The average molecular weight is 275 g/mol. The third-order valence-electron chi connectivity index (χ3n) is 2.85. The molecule has 2 N–H and O–H groups in total. The molecule has 2 aromatic rings. The fourth-order valence-electron chi connectivity index (χ4n) is 1.70. The van der Waals surface area contributed by atoms with E-state index in [1.807, 2.05) is 13.8 Å². The molecule has 0 aliphatic carbocycles. The Bertz CT molecular complexity index is 563. The average Bonchev–Trinajstić information content (AvgIpc) is 2.92. The first kappa shape index (κ1) is 14.1. The second-order valence-corrected chi connectivity index (χ2v) is 5.06. The minimum Gasteiger partial charge on any atom is -0.396 e. The number of aliphatic hydroxyl groups excluding tert-OH is 1. The van der Waals surface area contributed by atoms with Crippen molar-refractivity contribution in [2.24, 2.45) is 0 Å². The van der Waals surface area contributed by atoms with Gasteiger partial charge in [0.2, 0.25) is 0 Å². The van der Waals surface area contributed by atoms with Crippen molar-refractivity contribution in [3.8, 4) is 5.82 Å². The van der Waals surface area contributed by atoms with Gasteiger partial charge in [0.25, 0.3) is 5.91 Å². The maximum atomic E-state index is 12.1. The number of hydrogen-bond donors (Lipinski definition) is 2. The molecule has 0 aliphatic rings. The van der Waals surface area contributed by atoms with Gasteiger partial charge in [0, 0.05) is 18.3 Å². The van der Waals surface area contributed by atoms with Crippen LogP contribution in [0.15, 0.2) is 31.0 Å². The molecule has 0 atom stereocenters. The third kappa shape index (κ3) is 3.39. The van der Waals surface area contributed by atoms with Crippen molar-refractivity contribution in [2.75, 3.05) is 6.61 Å². The quantitative estimate of drug-likeness (QED) is 0.831. The molecule has 0 fully saturated rings. The van der Waals surface area contributed by atoms with Crippen molar-refractivity contribution < 1.29 is 9.90 Å². The van der Waals surface area contributed by atoms with Gasteiger partial charge in [-0.05, 0) is 32.4 Å². The van der Waals surface area contributed by atoms with Crippen molar-refractivity contribution in [2.45, 2.75) is 25.8 Å². The third-order valence-corrected chi connectivity index (χ3v) is 2.85. The van der Waals surface area contributed by atoms with Crippen LogP contribution < -0.4 is 5.32 Å². The highest BCUT2D eigenvalue weighted by Gasteiger charge is 2.20. The lowest BCUT2D eigenvalue weighted by atomic mass is 10.0. The van der Waals surface area contributed by atoms with Crippen molar-refractivity contribution >= 4 is 5.91 Å². The lowest BCUT2D eigenvalue weighted by molar-refractivity contribution is 0.0899. The van der Waals surface area contributed by atoms with E-state index in [9.17, 15) is 4.79 Å². The zero-order valence-electron chi connectivity index (χ0n) is 11.4. The Morgan fingerprint density at radius 3 is 2.80 bits per heavy atom. The Morgan fingerprint density at radius 2 is 2.25 bits per heavy atom. The van der Waals surface area contributed by atoms with E-state index in [0.29, 0.717) is 17.8 Å². The lowest BCUT2D eigenvalue weighted by Crippen LogP contribution is -2.44. The number of nitrogens with one attached hydrogen (secondary N) is 1. The number of hydrogen-bond acceptors (Lipinski definition) is 5. The summed E-state index contributed by atoms with van der Waals surface area (Å²) in [7, 11) is 0. The van der Waals surface area contributed by atoms with Gasteiger partial charge in [0.15, 0.2) is 5.82 Å². The molecule has 7 nitrogen and oxygen atoms in total. The Balaban J connectivity index is 2.08. The predicted molar refractivity (Wildman–Crippen MR) is 72.4 cm³/mol. The highest BCUT2D eigenvalue weighted by atomic mass is 16.3. The Kier molecular flexibility index (Phi) is 4.09. The number of carbonyl (C=O) groups is 1. The molecule has 0 radical (unpaired) electrons. The summed E-state index contributed by atoms with van der Waals surface area (Å²) in [6, 6.07) is 3.37. The first-order valence-electron chi connectivity index (χ1n) is 6.26. The molecule has 106 valence electrons. The van der Waals surface area contributed by atoms with Crippen LogP contribution in [0, 0.1) is 0 Å². The molecule has 2 rings (SSSR count). The summed E-state index contributed by atoms with van der Waals surface area (Å²) < 4.78 is 1.51. The van der Waals surface area contributed by atoms with Crippen LogP contribution in [0.1, 0.15) is 30.6 Å². The van der Waals surface area contributed by atoms with Crippen LogP contribution in [-0.2, 0) is 0 Å². The summed E-state index contributed by atoms with van der Waals surface area (Å²) in [6.45, 7) is 3.74. The van der Waals surface area contributed by atoms with Gasteiger partial charge in [0.1, 0.15) is 12.7 Å². The summed E-state index contributed by atoms with van der Waals surface area (Å²) in [5, 5.41) is 15.8. The van der Waals surface area contributed by atoms with Gasteiger partial charge in [-0.1, -0.05) is 0 Å². The van der Waals surface area contributed by atoms with Crippen LogP contribution in [-0.4, -0.2) is 42.9 Å². The molecule has 2 heterocycles. The van der Waals surface area contributed by atoms with Gasteiger partial charge in [-0.2, -0.15) is 5.10 Å². The first-order chi connectivity index (χ1) is 9.52. The van der Waals surface area contributed by atoms with Gasteiger partial charge in [-0.25, -0.2) is 14.6 Å². The van der Waals surface area contributed by atoms with Gasteiger partial charge in [0.05, 0.1) is 5.56 Å². The number of aromatic nitrogens is 4. The van der Waals surface area contributed by atoms with E-state index in [-0.39, 0.29) is 12.5 Å². The van der Waals surface area contributed by atoms with Crippen molar-refractivity contribution in [1.82, 2.24) is 25.1 Å². The Hall–Kier alpha value is -2.28. The standard InChI is InChI=1S/C13H17N5O2/c1-13(2,5-6-19)17-12(20)10-3-4-11(15-7-10)18-9-14-8-16-18/h3-4,7-9,19H,5-6H2,1-2H3,(H,17,20). The second kappa shape index (κ2) is 5.79. The van der Waals surface area contributed by atoms with Crippen molar-refractivity contribution in [1.29, 1.82) is 0 Å². The molecule has 0 aliphatic heterocycles. The van der Waals surface area contributed by atoms with E-state index >= 15 is 0 Å². The minimum absolute atomic E-state index is 0.0246. The molecular formula is C13H17N5O2. The summed E-state index contributed by atoms with van der Waals surface area (Å²) in [4.78, 5) is 20.1. The normalized spacial score (nSPS) is 11.3. The van der Waals surface area contributed by atoms with Crippen molar-refractivity contribution in [3.63, 3.8) is 0 Å². The number of aliphatic hydroxyl groups is 1. The van der Waals surface area contributed by atoms with E-state index < -0.39 is 5.54 Å². The summed E-state index contributed by atoms with van der Waals surface area (Å²) >= 11 is 0. The number of amides is 1. The highest BCUT2D eigenvalue weighted by Crippen LogP contribution is 2.10. The van der Waals surface area contributed by atoms with Crippen LogP contribution in [0.5, 0.6) is 0 Å². The van der Waals surface area contributed by atoms with Crippen molar-refractivity contribution in [3.05, 3.63) is 36.5 Å². The molecule has 0 saturated heterocycles. The zero-order valence-corrected chi connectivity index (χ0v) is 11.4. The van der Waals surface area contributed by atoms with Crippen LogP contribution in [0.4, 0.5) is 0 Å². The van der Waals surface area contributed by atoms with Crippen LogP contribution >= 0.6 is 0 Å². The number of rotatable bonds is 5. The maximum absolute atomic E-state index is 12.1. The first-order valence-corrected chi connectivity index (χ1v) is 6.26. The molecule has 0 bridgehead atoms. The summed E-state index contributed by atoms with van der Waals surface area (Å²) in [5.74, 6) is 0.370. The predicted octanol–water partition coefficient (Wildman–Crippen LogP) is 0.553. The molecule has 7 heteroatoms. The topological polar surface area (TPSA) is 92.9 Å². The second-order valence-electron chi connectivity index (χ2n) is 5.06. The maximum Gasteiger partial charge on any atom is 0.253 e. The lowest BCUT2D eigenvalue weighted by Gasteiger charge is -2.25. The molecule has 0 unspecified atom stereocenters. The summed E-state index contributed by atoms with van der Waals surface area (Å²) in [6.07, 6.45) is 4.93. The molecule has 20 heavy (non-hydrogen) atoms. The molecule has 0 aromatic carbocycles. The Labute approximate surface area is 116 Å². The molecule has 0 spiro atoms.